The highest BCUT2D eigenvalue weighted by Gasteiger charge is 2.27. The van der Waals surface area contributed by atoms with Crippen LogP contribution in [-0.2, 0) is 0 Å². The molecule has 2 unspecified atom stereocenters. The zero-order chi connectivity index (χ0) is 15.5. The number of aliphatic hydroxyl groups is 1. The zero-order valence-corrected chi connectivity index (χ0v) is 13.3. The van der Waals surface area contributed by atoms with Gasteiger partial charge in [-0.05, 0) is 36.9 Å². The molecular formula is C18H24N2O2. The van der Waals surface area contributed by atoms with Crippen molar-refractivity contribution in [2.24, 2.45) is 0 Å². The standard InChI is InChI=1S/C18H24N2O2/c1-14(21)18(20-11-9-19(2)10-12-20)22-17-8-7-15-5-3-4-6-16(15)13-17/h3-8,13-14,18,21H,9-12H2,1-2H3. The molecule has 1 aliphatic rings. The van der Waals surface area contributed by atoms with E-state index in [0.717, 1.165) is 37.3 Å². The van der Waals surface area contributed by atoms with Crippen molar-refractivity contribution in [2.45, 2.75) is 19.3 Å². The van der Waals surface area contributed by atoms with Gasteiger partial charge in [-0.3, -0.25) is 4.90 Å². The van der Waals surface area contributed by atoms with Gasteiger partial charge < -0.3 is 14.7 Å². The van der Waals surface area contributed by atoms with E-state index < -0.39 is 6.10 Å². The fourth-order valence-corrected chi connectivity index (χ4v) is 2.93. The Labute approximate surface area is 131 Å². The highest BCUT2D eigenvalue weighted by Crippen LogP contribution is 2.23. The Morgan fingerprint density at radius 3 is 2.36 bits per heavy atom. The molecule has 3 rings (SSSR count). The molecule has 0 radical (unpaired) electrons. The first-order valence-corrected chi connectivity index (χ1v) is 7.89. The summed E-state index contributed by atoms with van der Waals surface area (Å²) in [6, 6.07) is 14.3. The lowest BCUT2D eigenvalue weighted by molar-refractivity contribution is -0.0723. The predicted molar refractivity (Wildman–Crippen MR) is 89.1 cm³/mol. The van der Waals surface area contributed by atoms with Crippen LogP contribution in [0.1, 0.15) is 6.92 Å². The smallest absolute Gasteiger partial charge is 0.178 e. The maximum Gasteiger partial charge on any atom is 0.178 e. The highest BCUT2D eigenvalue weighted by atomic mass is 16.5. The third-order valence-corrected chi connectivity index (χ3v) is 4.29. The van der Waals surface area contributed by atoms with Crippen molar-refractivity contribution in [1.29, 1.82) is 0 Å². The molecule has 0 aromatic heterocycles. The number of nitrogens with zero attached hydrogens (tertiary/aromatic N) is 2. The molecule has 1 heterocycles. The summed E-state index contributed by atoms with van der Waals surface area (Å²) >= 11 is 0. The van der Waals surface area contributed by atoms with Crippen LogP contribution in [0, 0.1) is 0 Å². The topological polar surface area (TPSA) is 35.9 Å². The third kappa shape index (κ3) is 3.40. The second-order valence-corrected chi connectivity index (χ2v) is 6.10. The van der Waals surface area contributed by atoms with Crippen molar-refractivity contribution >= 4 is 10.8 Å². The molecule has 1 N–H and O–H groups in total. The number of rotatable bonds is 4. The molecule has 1 saturated heterocycles. The van der Waals surface area contributed by atoms with Gasteiger partial charge in [-0.2, -0.15) is 0 Å². The van der Waals surface area contributed by atoms with Gasteiger partial charge in [0.1, 0.15) is 11.9 Å². The third-order valence-electron chi connectivity index (χ3n) is 4.29. The number of hydrogen-bond donors (Lipinski definition) is 1. The summed E-state index contributed by atoms with van der Waals surface area (Å²) in [5.74, 6) is 0.809. The Hall–Kier alpha value is -1.62. The van der Waals surface area contributed by atoms with Crippen LogP contribution in [0.2, 0.25) is 0 Å². The zero-order valence-electron chi connectivity index (χ0n) is 13.3. The first-order valence-electron chi connectivity index (χ1n) is 7.89. The summed E-state index contributed by atoms with van der Waals surface area (Å²) in [5, 5.41) is 12.5. The summed E-state index contributed by atoms with van der Waals surface area (Å²) in [7, 11) is 2.12. The lowest BCUT2D eigenvalue weighted by atomic mass is 10.1. The quantitative estimate of drug-likeness (QED) is 0.939. The number of hydrogen-bond acceptors (Lipinski definition) is 4. The lowest BCUT2D eigenvalue weighted by Crippen LogP contribution is -2.54. The molecule has 1 aliphatic heterocycles. The van der Waals surface area contributed by atoms with Gasteiger partial charge in [0, 0.05) is 26.2 Å². The van der Waals surface area contributed by atoms with Gasteiger partial charge in [-0.25, -0.2) is 0 Å². The SMILES string of the molecule is CC(O)C(Oc1ccc2ccccc2c1)N1CCN(C)CC1. The average Bonchev–Trinajstić information content (AvgIpc) is 2.53. The summed E-state index contributed by atoms with van der Waals surface area (Å²) in [6.07, 6.45) is -0.829. The molecular weight excluding hydrogens is 276 g/mol. The first-order chi connectivity index (χ1) is 10.6. The monoisotopic (exact) mass is 300 g/mol. The fraction of sp³-hybridized carbons (Fsp3) is 0.444. The second-order valence-electron chi connectivity index (χ2n) is 6.10. The van der Waals surface area contributed by atoms with Crippen LogP contribution < -0.4 is 4.74 Å². The highest BCUT2D eigenvalue weighted by molar-refractivity contribution is 5.83. The average molecular weight is 300 g/mol. The number of fused-ring (bicyclic) bond motifs is 1. The number of likely N-dealkylation sites (N-methyl/N-ethyl adjacent to an activating group) is 1. The maximum absolute atomic E-state index is 10.1. The summed E-state index contributed by atoms with van der Waals surface area (Å²) in [5.41, 5.74) is 0. The van der Waals surface area contributed by atoms with Crippen molar-refractivity contribution in [3.05, 3.63) is 42.5 Å². The van der Waals surface area contributed by atoms with Gasteiger partial charge in [0.05, 0.1) is 0 Å². The molecule has 0 bridgehead atoms. The summed E-state index contributed by atoms with van der Waals surface area (Å²) < 4.78 is 6.12. The Morgan fingerprint density at radius 1 is 1.00 bits per heavy atom. The van der Waals surface area contributed by atoms with Gasteiger partial charge in [0.2, 0.25) is 0 Å². The summed E-state index contributed by atoms with van der Waals surface area (Å²) in [6.45, 7) is 5.64. The van der Waals surface area contributed by atoms with E-state index in [1.807, 2.05) is 24.3 Å². The maximum atomic E-state index is 10.1. The van der Waals surface area contributed by atoms with Crippen LogP contribution in [0.5, 0.6) is 5.75 Å². The number of aliphatic hydroxyl groups excluding tert-OH is 1. The van der Waals surface area contributed by atoms with Crippen LogP contribution in [0.15, 0.2) is 42.5 Å². The van der Waals surface area contributed by atoms with E-state index in [0.29, 0.717) is 0 Å². The fourth-order valence-electron chi connectivity index (χ4n) is 2.93. The van der Waals surface area contributed by atoms with Crippen molar-refractivity contribution < 1.29 is 9.84 Å². The molecule has 1 fully saturated rings. The van der Waals surface area contributed by atoms with Crippen molar-refractivity contribution in [2.75, 3.05) is 33.2 Å². The van der Waals surface area contributed by atoms with E-state index in [2.05, 4.69) is 35.0 Å². The molecule has 2 aromatic carbocycles. The van der Waals surface area contributed by atoms with Gasteiger partial charge in [-0.15, -0.1) is 0 Å². The first kappa shape index (κ1) is 15.3. The van der Waals surface area contributed by atoms with Crippen molar-refractivity contribution in [1.82, 2.24) is 9.80 Å². The minimum absolute atomic E-state index is 0.296. The Bertz CT molecular complexity index is 621. The van der Waals surface area contributed by atoms with Gasteiger partial charge in [0.25, 0.3) is 0 Å². The molecule has 2 atom stereocenters. The van der Waals surface area contributed by atoms with E-state index in [-0.39, 0.29) is 6.23 Å². The molecule has 0 amide bonds. The number of benzene rings is 2. The van der Waals surface area contributed by atoms with Crippen LogP contribution in [-0.4, -0.2) is 60.5 Å². The molecule has 0 saturated carbocycles. The van der Waals surface area contributed by atoms with Gasteiger partial charge >= 0.3 is 0 Å². The molecule has 22 heavy (non-hydrogen) atoms. The van der Waals surface area contributed by atoms with E-state index in [1.54, 1.807) is 6.92 Å². The van der Waals surface area contributed by atoms with Crippen LogP contribution in [0.3, 0.4) is 0 Å². The number of ether oxygens (including phenoxy) is 1. The largest absolute Gasteiger partial charge is 0.472 e. The number of piperazine rings is 1. The Kier molecular flexibility index (Phi) is 4.62. The van der Waals surface area contributed by atoms with E-state index in [9.17, 15) is 5.11 Å². The molecule has 118 valence electrons. The van der Waals surface area contributed by atoms with Gasteiger partial charge in [0.15, 0.2) is 6.23 Å². The predicted octanol–water partition coefficient (Wildman–Crippen LogP) is 2.17. The van der Waals surface area contributed by atoms with Crippen LogP contribution in [0.4, 0.5) is 0 Å². The normalized spacial score (nSPS) is 20.0. The minimum atomic E-state index is -0.533. The molecule has 0 spiro atoms. The summed E-state index contributed by atoms with van der Waals surface area (Å²) in [4.78, 5) is 4.52. The van der Waals surface area contributed by atoms with Crippen LogP contribution >= 0.6 is 0 Å². The van der Waals surface area contributed by atoms with Crippen molar-refractivity contribution in [3.63, 3.8) is 0 Å². The molecule has 4 nitrogen and oxygen atoms in total. The van der Waals surface area contributed by atoms with Crippen LogP contribution in [0.25, 0.3) is 10.8 Å². The van der Waals surface area contributed by atoms with Gasteiger partial charge in [-0.1, -0.05) is 30.3 Å². The lowest BCUT2D eigenvalue weighted by Gasteiger charge is -2.38. The second kappa shape index (κ2) is 6.65. The van der Waals surface area contributed by atoms with E-state index in [4.69, 9.17) is 4.74 Å². The Morgan fingerprint density at radius 2 is 1.68 bits per heavy atom. The van der Waals surface area contributed by atoms with Crippen molar-refractivity contribution in [3.8, 4) is 5.75 Å². The molecule has 0 aliphatic carbocycles. The minimum Gasteiger partial charge on any atom is -0.472 e. The molecule has 2 aromatic rings. The van der Waals surface area contributed by atoms with E-state index >= 15 is 0 Å². The Balaban J connectivity index is 1.77. The molecule has 4 heteroatoms. The van der Waals surface area contributed by atoms with E-state index in [1.165, 1.54) is 5.39 Å².